The van der Waals surface area contributed by atoms with Crippen LogP contribution in [-0.2, 0) is 23.6 Å². The molecular weight excluding hydrogens is 636 g/mol. The Morgan fingerprint density at radius 3 is 1.90 bits per heavy atom. The summed E-state index contributed by atoms with van der Waals surface area (Å²) in [6.45, 7) is 4.34. The maximum atomic E-state index is 13.2. The van der Waals surface area contributed by atoms with Gasteiger partial charge in [-0.1, -0.05) is 36.4 Å². The number of anilines is 2. The summed E-state index contributed by atoms with van der Waals surface area (Å²) in [6.07, 6.45) is 9.53. The van der Waals surface area contributed by atoms with Crippen LogP contribution in [0.5, 0.6) is 5.75 Å². The Balaban J connectivity index is 1.08. The van der Waals surface area contributed by atoms with E-state index >= 15 is 0 Å². The first-order valence-corrected chi connectivity index (χ1v) is 16.7. The van der Waals surface area contributed by atoms with Crippen molar-refractivity contribution in [2.45, 2.75) is 18.9 Å². The van der Waals surface area contributed by atoms with Gasteiger partial charge in [-0.05, 0) is 60.4 Å². The zero-order valence-electron chi connectivity index (χ0n) is 29.1. The van der Waals surface area contributed by atoms with Gasteiger partial charge in [-0.2, -0.15) is 0 Å². The monoisotopic (exact) mass is 682 g/mol. The van der Waals surface area contributed by atoms with Gasteiger partial charge in [0, 0.05) is 65.3 Å². The Morgan fingerprint density at radius 2 is 1.32 bits per heavy atom. The number of hydrogen-bond acceptors (Lipinski definition) is 7. The minimum Gasteiger partial charge on any atom is -0.497 e. The summed E-state index contributed by atoms with van der Waals surface area (Å²) in [5, 5.41) is 8.72. The van der Waals surface area contributed by atoms with Crippen molar-refractivity contribution < 1.29 is 28.6 Å². The molecule has 5 rings (SSSR count). The molecule has 0 bridgehead atoms. The minimum atomic E-state index is -0.367. The highest BCUT2D eigenvalue weighted by molar-refractivity contribution is 6.07. The Bertz CT molecular complexity index is 1770. The summed E-state index contributed by atoms with van der Waals surface area (Å²) >= 11 is 0. The topological polar surface area (TPSA) is 128 Å². The first kappa shape index (κ1) is 36.1. The average Bonchev–Trinajstić information content (AvgIpc) is 3.69. The normalized spacial score (nSPS) is 13.8. The van der Waals surface area contributed by atoms with Gasteiger partial charge in [0.2, 0.25) is 0 Å². The Hall–Kier alpha value is -5.17. The summed E-state index contributed by atoms with van der Waals surface area (Å²) in [6, 6.07) is 18.3. The molecule has 3 amide bonds. The smallest absolute Gasteiger partial charge is 0.272 e. The van der Waals surface area contributed by atoms with E-state index in [-0.39, 0.29) is 23.8 Å². The lowest BCUT2D eigenvalue weighted by Crippen LogP contribution is -2.41. The fourth-order valence-corrected chi connectivity index (χ4v) is 5.78. The highest BCUT2D eigenvalue weighted by Gasteiger charge is 2.21. The van der Waals surface area contributed by atoms with E-state index in [1.165, 1.54) is 0 Å². The van der Waals surface area contributed by atoms with Crippen molar-refractivity contribution in [2.24, 2.45) is 14.1 Å². The SMILES string of the molecule is COCCOC1CCN(CCNC(=O)c2cc(NC(=O)c3cc(NC(=O)c4ccc(/C=C/c5ccc(OC)cc5)cc4)cn3C)cn2C)CC1. The third-order valence-electron chi connectivity index (χ3n) is 8.64. The van der Waals surface area contributed by atoms with Crippen molar-refractivity contribution in [1.29, 1.82) is 0 Å². The average molecular weight is 683 g/mol. The summed E-state index contributed by atoms with van der Waals surface area (Å²) in [5.74, 6) is -0.0677. The number of methoxy groups -OCH3 is 2. The van der Waals surface area contributed by atoms with E-state index in [2.05, 4.69) is 20.9 Å². The first-order chi connectivity index (χ1) is 24.2. The molecule has 1 fully saturated rings. The zero-order valence-corrected chi connectivity index (χ0v) is 29.1. The van der Waals surface area contributed by atoms with Crippen molar-refractivity contribution >= 4 is 41.2 Å². The number of likely N-dealkylation sites (tertiary alicyclic amines) is 1. The van der Waals surface area contributed by atoms with E-state index in [1.807, 2.05) is 48.6 Å². The van der Waals surface area contributed by atoms with Crippen molar-refractivity contribution in [3.8, 4) is 5.75 Å². The molecule has 264 valence electrons. The van der Waals surface area contributed by atoms with Crippen LogP contribution in [0, 0.1) is 0 Å². The molecule has 12 heteroatoms. The third-order valence-corrected chi connectivity index (χ3v) is 8.64. The highest BCUT2D eigenvalue weighted by Crippen LogP contribution is 2.20. The molecule has 3 N–H and O–H groups in total. The number of piperidine rings is 1. The maximum Gasteiger partial charge on any atom is 0.272 e. The van der Waals surface area contributed by atoms with Gasteiger partial charge in [-0.25, -0.2) is 0 Å². The van der Waals surface area contributed by atoms with Crippen LogP contribution in [0.2, 0.25) is 0 Å². The van der Waals surface area contributed by atoms with E-state index in [0.29, 0.717) is 48.1 Å². The van der Waals surface area contributed by atoms with Gasteiger partial charge in [0.15, 0.2) is 0 Å². The van der Waals surface area contributed by atoms with Crippen LogP contribution in [0.1, 0.15) is 55.3 Å². The minimum absolute atomic E-state index is 0.212. The predicted octanol–water partition coefficient (Wildman–Crippen LogP) is 4.90. The molecular formula is C38H46N6O6. The van der Waals surface area contributed by atoms with Gasteiger partial charge in [-0.15, -0.1) is 0 Å². The molecule has 0 saturated carbocycles. The number of rotatable bonds is 15. The van der Waals surface area contributed by atoms with Crippen LogP contribution in [0.4, 0.5) is 11.4 Å². The standard InChI is InChI=1S/C38H46N6O6/c1-42-26-31(23-34(42)37(46)39-17-20-44-18-15-33(16-19-44)50-22-21-48-3)41-38(47)35-24-30(25-43(35)2)40-36(45)29-11-7-27(8-12-29)5-6-28-9-13-32(49-4)14-10-28/h5-14,23-26,33H,15-22H2,1-4H3,(H,39,46)(H,40,45)(H,41,47)/b6-5+. The number of benzene rings is 2. The van der Waals surface area contributed by atoms with Gasteiger partial charge in [-0.3, -0.25) is 14.4 Å². The number of aryl methyl sites for hydroxylation is 2. The second kappa shape index (κ2) is 17.5. The first-order valence-electron chi connectivity index (χ1n) is 16.7. The van der Waals surface area contributed by atoms with Crippen LogP contribution >= 0.6 is 0 Å². The second-order valence-corrected chi connectivity index (χ2v) is 12.2. The van der Waals surface area contributed by atoms with Crippen LogP contribution in [0.3, 0.4) is 0 Å². The molecule has 50 heavy (non-hydrogen) atoms. The lowest BCUT2D eigenvalue weighted by atomic mass is 10.1. The molecule has 0 spiro atoms. The van der Waals surface area contributed by atoms with Crippen LogP contribution in [-0.4, -0.2) is 91.5 Å². The molecule has 12 nitrogen and oxygen atoms in total. The molecule has 2 aromatic heterocycles. The fraction of sp³-hybridized carbons (Fsp3) is 0.342. The maximum absolute atomic E-state index is 13.2. The van der Waals surface area contributed by atoms with Crippen molar-refractivity contribution in [3.63, 3.8) is 0 Å². The lowest BCUT2D eigenvalue weighted by Gasteiger charge is -2.31. The predicted molar refractivity (Wildman–Crippen MR) is 195 cm³/mol. The van der Waals surface area contributed by atoms with Gasteiger partial charge >= 0.3 is 0 Å². The number of aromatic nitrogens is 2. The van der Waals surface area contributed by atoms with E-state index in [1.54, 1.807) is 74.1 Å². The molecule has 1 saturated heterocycles. The van der Waals surface area contributed by atoms with Crippen molar-refractivity contribution in [3.05, 3.63) is 101 Å². The number of carbonyl (C=O) groups excluding carboxylic acids is 3. The Labute approximate surface area is 293 Å². The largest absolute Gasteiger partial charge is 0.497 e. The van der Waals surface area contributed by atoms with Crippen LogP contribution in [0.15, 0.2) is 73.1 Å². The molecule has 1 aliphatic rings. The quantitative estimate of drug-likeness (QED) is 0.120. The number of carbonyl (C=O) groups is 3. The molecule has 3 heterocycles. The molecule has 0 atom stereocenters. The summed E-state index contributed by atoms with van der Waals surface area (Å²) in [5.41, 5.74) is 4.24. The fourth-order valence-electron chi connectivity index (χ4n) is 5.78. The lowest BCUT2D eigenvalue weighted by molar-refractivity contribution is -0.0144. The van der Waals surface area contributed by atoms with E-state index in [4.69, 9.17) is 14.2 Å². The number of nitrogens with one attached hydrogen (secondary N) is 3. The number of nitrogens with zero attached hydrogens (tertiary/aromatic N) is 3. The molecule has 4 aromatic rings. The second-order valence-electron chi connectivity index (χ2n) is 12.2. The van der Waals surface area contributed by atoms with E-state index < -0.39 is 0 Å². The van der Waals surface area contributed by atoms with Gasteiger partial charge < -0.3 is 44.2 Å². The molecule has 2 aromatic carbocycles. The van der Waals surface area contributed by atoms with E-state index in [9.17, 15) is 14.4 Å². The van der Waals surface area contributed by atoms with Gasteiger partial charge in [0.25, 0.3) is 17.7 Å². The molecule has 0 unspecified atom stereocenters. The van der Waals surface area contributed by atoms with Crippen molar-refractivity contribution in [1.82, 2.24) is 19.4 Å². The Kier molecular flexibility index (Phi) is 12.6. The van der Waals surface area contributed by atoms with E-state index in [0.717, 1.165) is 49.4 Å². The molecule has 0 aliphatic carbocycles. The van der Waals surface area contributed by atoms with Gasteiger partial charge in [0.1, 0.15) is 17.1 Å². The number of hydrogen-bond donors (Lipinski definition) is 3. The molecule has 1 aliphatic heterocycles. The van der Waals surface area contributed by atoms with Crippen LogP contribution in [0.25, 0.3) is 12.2 Å². The Morgan fingerprint density at radius 1 is 0.760 bits per heavy atom. The van der Waals surface area contributed by atoms with Crippen molar-refractivity contribution in [2.75, 3.05) is 64.2 Å². The molecule has 0 radical (unpaired) electrons. The highest BCUT2D eigenvalue weighted by atomic mass is 16.5. The summed E-state index contributed by atoms with van der Waals surface area (Å²) in [7, 11) is 6.80. The van der Waals surface area contributed by atoms with Gasteiger partial charge in [0.05, 0.1) is 37.8 Å². The number of ether oxygens (including phenoxy) is 3. The zero-order chi connectivity index (χ0) is 35.5. The number of amides is 3. The summed E-state index contributed by atoms with van der Waals surface area (Å²) in [4.78, 5) is 41.4. The van der Waals surface area contributed by atoms with Crippen LogP contribution < -0.4 is 20.7 Å². The third kappa shape index (κ3) is 9.94. The summed E-state index contributed by atoms with van der Waals surface area (Å²) < 4.78 is 19.4.